The molecule has 19 heavy (non-hydrogen) atoms. The number of thiazole rings is 1. The zero-order valence-electron chi connectivity index (χ0n) is 11.1. The maximum Gasteiger partial charge on any atom is 0.277 e. The summed E-state index contributed by atoms with van der Waals surface area (Å²) in [5.41, 5.74) is 2.29. The van der Waals surface area contributed by atoms with E-state index in [-0.39, 0.29) is 5.54 Å². The van der Waals surface area contributed by atoms with Gasteiger partial charge in [0, 0.05) is 31.6 Å². The molecule has 0 saturated carbocycles. The van der Waals surface area contributed by atoms with Gasteiger partial charge in [-0.05, 0) is 13.8 Å². The van der Waals surface area contributed by atoms with Gasteiger partial charge in [0.05, 0.1) is 11.0 Å². The van der Waals surface area contributed by atoms with Crippen LogP contribution in [-0.4, -0.2) is 46.2 Å². The van der Waals surface area contributed by atoms with E-state index in [1.807, 2.05) is 5.38 Å². The van der Waals surface area contributed by atoms with Crippen molar-refractivity contribution in [2.24, 2.45) is 0 Å². The lowest BCUT2D eigenvalue weighted by molar-refractivity contribution is 0.0925. The summed E-state index contributed by atoms with van der Waals surface area (Å²) < 4.78 is 5.33. The molecule has 2 aromatic heterocycles. The van der Waals surface area contributed by atoms with Crippen LogP contribution in [0.1, 0.15) is 19.7 Å². The second kappa shape index (κ2) is 4.99. The fourth-order valence-corrected chi connectivity index (χ4v) is 2.79. The highest BCUT2D eigenvalue weighted by atomic mass is 32.1. The second-order valence-electron chi connectivity index (χ2n) is 5.09. The summed E-state index contributed by atoms with van der Waals surface area (Å²) >= 11 is 1.52. The van der Waals surface area contributed by atoms with E-state index in [2.05, 4.69) is 39.2 Å². The molecule has 1 aliphatic heterocycles. The summed E-state index contributed by atoms with van der Waals surface area (Å²) in [5.74, 6) is 1.22. The summed E-state index contributed by atoms with van der Waals surface area (Å²) in [6, 6.07) is 0. The predicted octanol–water partition coefficient (Wildman–Crippen LogP) is 1.33. The van der Waals surface area contributed by atoms with E-state index >= 15 is 0 Å². The van der Waals surface area contributed by atoms with Crippen molar-refractivity contribution in [1.29, 1.82) is 0 Å². The highest BCUT2D eigenvalue weighted by molar-refractivity contribution is 7.07. The van der Waals surface area contributed by atoms with Gasteiger partial charge < -0.3 is 9.84 Å². The van der Waals surface area contributed by atoms with Crippen LogP contribution in [0.3, 0.4) is 0 Å². The Hall–Kier alpha value is -1.31. The Morgan fingerprint density at radius 1 is 1.37 bits per heavy atom. The summed E-state index contributed by atoms with van der Waals surface area (Å²) in [6.07, 6.45) is 0. The lowest BCUT2D eigenvalue weighted by Gasteiger charge is -2.38. The minimum atomic E-state index is -0.222. The topological polar surface area (TPSA) is 67.1 Å². The monoisotopic (exact) mass is 279 g/mol. The van der Waals surface area contributed by atoms with Crippen molar-refractivity contribution in [1.82, 2.24) is 25.3 Å². The molecular formula is C12H17N5OS. The number of nitrogens with zero attached hydrogens (tertiary/aromatic N) is 4. The first-order chi connectivity index (χ1) is 9.18. The lowest BCUT2D eigenvalue weighted by Crippen LogP contribution is -2.52. The van der Waals surface area contributed by atoms with Crippen molar-refractivity contribution in [3.63, 3.8) is 0 Å². The maximum absolute atomic E-state index is 5.33. The molecule has 0 spiro atoms. The minimum Gasteiger partial charge on any atom is -0.332 e. The Bertz CT molecular complexity index is 530. The fraction of sp³-hybridized carbons (Fsp3) is 0.583. The average Bonchev–Trinajstić information content (AvgIpc) is 3.10. The average molecular weight is 279 g/mol. The number of nitrogens with one attached hydrogen (secondary N) is 1. The van der Waals surface area contributed by atoms with E-state index in [9.17, 15) is 0 Å². The second-order valence-corrected chi connectivity index (χ2v) is 5.81. The highest BCUT2D eigenvalue weighted by Crippen LogP contribution is 2.27. The molecule has 0 unspecified atom stereocenters. The number of rotatable bonds is 3. The molecule has 3 heterocycles. The van der Waals surface area contributed by atoms with Gasteiger partial charge in [0.15, 0.2) is 5.82 Å². The van der Waals surface area contributed by atoms with Gasteiger partial charge >= 0.3 is 0 Å². The maximum atomic E-state index is 5.33. The lowest BCUT2D eigenvalue weighted by atomic mass is 10.0. The number of piperazine rings is 1. The molecule has 102 valence electrons. The van der Waals surface area contributed by atoms with Crippen molar-refractivity contribution >= 4 is 11.3 Å². The van der Waals surface area contributed by atoms with E-state index in [0.717, 1.165) is 37.7 Å². The molecule has 0 amide bonds. The van der Waals surface area contributed by atoms with Crippen LogP contribution in [0, 0.1) is 0 Å². The summed E-state index contributed by atoms with van der Waals surface area (Å²) in [7, 11) is 0. The number of hydrogen-bond acceptors (Lipinski definition) is 7. The molecule has 0 aliphatic carbocycles. The van der Waals surface area contributed by atoms with Gasteiger partial charge in [-0.25, -0.2) is 4.98 Å². The van der Waals surface area contributed by atoms with Crippen LogP contribution in [0.5, 0.6) is 0 Å². The molecular weight excluding hydrogens is 262 g/mol. The predicted molar refractivity (Wildman–Crippen MR) is 72.9 cm³/mol. The first-order valence-electron chi connectivity index (χ1n) is 6.36. The van der Waals surface area contributed by atoms with Gasteiger partial charge in [-0.2, -0.15) is 4.98 Å². The molecule has 0 radical (unpaired) electrons. The molecule has 2 aromatic rings. The standard InChI is InChI=1S/C12H17N5OS/c1-12(2,17-5-3-13-4-6-17)11-15-10(18-16-11)9-7-19-8-14-9/h7-8,13H,3-6H2,1-2H3. The van der Waals surface area contributed by atoms with Crippen molar-refractivity contribution in [2.75, 3.05) is 26.2 Å². The molecule has 3 rings (SSSR count). The summed E-state index contributed by atoms with van der Waals surface area (Å²) in [5, 5.41) is 9.40. The van der Waals surface area contributed by atoms with Gasteiger partial charge in [0.25, 0.3) is 5.89 Å². The summed E-state index contributed by atoms with van der Waals surface area (Å²) in [6.45, 7) is 8.25. The van der Waals surface area contributed by atoms with Gasteiger partial charge in [0.2, 0.25) is 0 Å². The van der Waals surface area contributed by atoms with Crippen LogP contribution < -0.4 is 5.32 Å². The van der Waals surface area contributed by atoms with Crippen molar-refractivity contribution in [3.8, 4) is 11.6 Å². The van der Waals surface area contributed by atoms with Crippen molar-refractivity contribution in [2.45, 2.75) is 19.4 Å². The molecule has 1 fully saturated rings. The molecule has 0 atom stereocenters. The number of hydrogen-bond donors (Lipinski definition) is 1. The normalized spacial score (nSPS) is 17.8. The first kappa shape index (κ1) is 12.7. The van der Waals surface area contributed by atoms with Crippen LogP contribution in [0.15, 0.2) is 15.4 Å². The van der Waals surface area contributed by atoms with E-state index in [1.54, 1.807) is 5.51 Å². The zero-order valence-corrected chi connectivity index (χ0v) is 11.9. The minimum absolute atomic E-state index is 0.222. The van der Waals surface area contributed by atoms with Gasteiger partial charge in [0.1, 0.15) is 5.69 Å². The first-order valence-corrected chi connectivity index (χ1v) is 7.31. The van der Waals surface area contributed by atoms with E-state index in [1.165, 1.54) is 11.3 Å². The summed E-state index contributed by atoms with van der Waals surface area (Å²) in [4.78, 5) is 11.1. The molecule has 1 aliphatic rings. The third kappa shape index (κ3) is 2.41. The van der Waals surface area contributed by atoms with Crippen molar-refractivity contribution in [3.05, 3.63) is 16.7 Å². The number of aromatic nitrogens is 3. The Balaban J connectivity index is 1.84. The Kier molecular flexibility index (Phi) is 3.34. The Labute approximate surface area is 115 Å². The zero-order chi connectivity index (χ0) is 13.3. The third-order valence-corrected chi connectivity index (χ3v) is 4.12. The molecule has 0 bridgehead atoms. The van der Waals surface area contributed by atoms with Gasteiger partial charge in [-0.3, -0.25) is 4.90 Å². The van der Waals surface area contributed by atoms with E-state index < -0.39 is 0 Å². The fourth-order valence-electron chi connectivity index (χ4n) is 2.26. The van der Waals surface area contributed by atoms with Crippen LogP contribution in [-0.2, 0) is 5.54 Å². The SMILES string of the molecule is CC(C)(c1noc(-c2cscn2)n1)N1CCNCC1. The van der Waals surface area contributed by atoms with E-state index in [0.29, 0.717) is 5.89 Å². The van der Waals surface area contributed by atoms with Crippen LogP contribution in [0.25, 0.3) is 11.6 Å². The molecule has 0 aromatic carbocycles. The third-order valence-electron chi connectivity index (χ3n) is 3.53. The molecule has 1 saturated heterocycles. The van der Waals surface area contributed by atoms with Crippen molar-refractivity contribution < 1.29 is 4.52 Å². The molecule has 1 N–H and O–H groups in total. The smallest absolute Gasteiger partial charge is 0.277 e. The molecule has 7 heteroatoms. The van der Waals surface area contributed by atoms with E-state index in [4.69, 9.17) is 4.52 Å². The molecule has 6 nitrogen and oxygen atoms in total. The van der Waals surface area contributed by atoms with Crippen LogP contribution >= 0.6 is 11.3 Å². The van der Waals surface area contributed by atoms with Crippen LogP contribution in [0.4, 0.5) is 0 Å². The largest absolute Gasteiger partial charge is 0.332 e. The quantitative estimate of drug-likeness (QED) is 0.914. The Morgan fingerprint density at radius 3 is 2.84 bits per heavy atom. The highest BCUT2D eigenvalue weighted by Gasteiger charge is 2.34. The van der Waals surface area contributed by atoms with Gasteiger partial charge in [-0.15, -0.1) is 11.3 Å². The van der Waals surface area contributed by atoms with Gasteiger partial charge in [-0.1, -0.05) is 5.16 Å². The van der Waals surface area contributed by atoms with Crippen LogP contribution in [0.2, 0.25) is 0 Å². The Morgan fingerprint density at radius 2 is 2.16 bits per heavy atom.